The summed E-state index contributed by atoms with van der Waals surface area (Å²) in [6.07, 6.45) is -4.33. The number of alkyl halides is 3. The molecule has 0 unspecified atom stereocenters. The number of rotatable bonds is 5. The first kappa shape index (κ1) is 17.0. The Bertz CT molecular complexity index is 664. The van der Waals surface area contributed by atoms with Crippen molar-refractivity contribution in [1.29, 1.82) is 0 Å². The predicted molar refractivity (Wildman–Crippen MR) is 82.4 cm³/mol. The van der Waals surface area contributed by atoms with Gasteiger partial charge in [-0.2, -0.15) is 13.2 Å². The Balaban J connectivity index is 2.06. The second-order valence-electron chi connectivity index (χ2n) is 5.28. The molecule has 2 aromatic carbocycles. The largest absolute Gasteiger partial charge is 0.416 e. The normalized spacial score (nSPS) is 12.9. The van der Waals surface area contributed by atoms with Gasteiger partial charge in [0.1, 0.15) is 0 Å². The standard InChI is InChI=1S/C17H17F3N2O/c1-11(16(21)23)22-10-12-2-4-13(5-3-12)14-6-8-15(9-7-14)17(18,19)20/h2-9,11,22H,10H2,1H3,(H2,21,23)/t11-/m0/s1. The highest BCUT2D eigenvalue weighted by molar-refractivity contribution is 5.79. The number of benzene rings is 2. The smallest absolute Gasteiger partial charge is 0.368 e. The topological polar surface area (TPSA) is 55.1 Å². The maximum Gasteiger partial charge on any atom is 0.416 e. The molecular weight excluding hydrogens is 305 g/mol. The summed E-state index contributed by atoms with van der Waals surface area (Å²) in [5, 5.41) is 2.98. The van der Waals surface area contributed by atoms with Crippen LogP contribution < -0.4 is 11.1 Å². The lowest BCUT2D eigenvalue weighted by molar-refractivity contribution is -0.137. The number of nitrogens with two attached hydrogens (primary N) is 1. The van der Waals surface area contributed by atoms with Crippen LogP contribution in [0.3, 0.4) is 0 Å². The molecule has 0 radical (unpaired) electrons. The zero-order chi connectivity index (χ0) is 17.0. The average molecular weight is 322 g/mol. The van der Waals surface area contributed by atoms with E-state index in [0.29, 0.717) is 12.1 Å². The van der Waals surface area contributed by atoms with Crippen LogP contribution in [0.5, 0.6) is 0 Å². The van der Waals surface area contributed by atoms with Crippen molar-refractivity contribution in [2.24, 2.45) is 5.73 Å². The minimum absolute atomic E-state index is 0.425. The first-order valence-corrected chi connectivity index (χ1v) is 7.06. The second-order valence-corrected chi connectivity index (χ2v) is 5.28. The van der Waals surface area contributed by atoms with E-state index in [4.69, 9.17) is 5.73 Å². The molecular formula is C17H17F3N2O. The molecule has 23 heavy (non-hydrogen) atoms. The SMILES string of the molecule is C[C@H](NCc1ccc(-c2ccc(C(F)(F)F)cc2)cc1)C(N)=O. The molecule has 0 heterocycles. The van der Waals surface area contributed by atoms with Crippen LogP contribution in [0, 0.1) is 0 Å². The second kappa shape index (κ2) is 6.83. The van der Waals surface area contributed by atoms with Gasteiger partial charge in [-0.15, -0.1) is 0 Å². The summed E-state index contributed by atoms with van der Waals surface area (Å²) >= 11 is 0. The molecule has 3 N–H and O–H groups in total. The Morgan fingerprint density at radius 3 is 1.96 bits per heavy atom. The van der Waals surface area contributed by atoms with Gasteiger partial charge in [0.05, 0.1) is 11.6 Å². The lowest BCUT2D eigenvalue weighted by atomic mass is 10.0. The van der Waals surface area contributed by atoms with Crippen LogP contribution in [0.25, 0.3) is 11.1 Å². The van der Waals surface area contributed by atoms with E-state index in [-0.39, 0.29) is 0 Å². The van der Waals surface area contributed by atoms with Crippen LogP contribution in [0.1, 0.15) is 18.1 Å². The number of hydrogen-bond acceptors (Lipinski definition) is 2. The highest BCUT2D eigenvalue weighted by Crippen LogP contribution is 2.31. The molecule has 6 heteroatoms. The van der Waals surface area contributed by atoms with E-state index in [1.54, 1.807) is 6.92 Å². The molecule has 2 rings (SSSR count). The van der Waals surface area contributed by atoms with Crippen molar-refractivity contribution < 1.29 is 18.0 Å². The molecule has 122 valence electrons. The fraction of sp³-hybridized carbons (Fsp3) is 0.235. The maximum absolute atomic E-state index is 12.5. The molecule has 0 aliphatic rings. The lowest BCUT2D eigenvalue weighted by Crippen LogP contribution is -2.38. The fourth-order valence-electron chi connectivity index (χ4n) is 2.04. The monoisotopic (exact) mass is 322 g/mol. The van der Waals surface area contributed by atoms with Crippen LogP contribution in [-0.4, -0.2) is 11.9 Å². The van der Waals surface area contributed by atoms with Gasteiger partial charge in [0.2, 0.25) is 5.91 Å². The van der Waals surface area contributed by atoms with Crippen molar-refractivity contribution in [3.8, 4) is 11.1 Å². The number of amides is 1. The van der Waals surface area contributed by atoms with Gasteiger partial charge in [0, 0.05) is 6.54 Å². The summed E-state index contributed by atoms with van der Waals surface area (Å²) in [4.78, 5) is 10.9. The number of carbonyl (C=O) groups is 1. The number of hydrogen-bond donors (Lipinski definition) is 2. The highest BCUT2D eigenvalue weighted by atomic mass is 19.4. The van der Waals surface area contributed by atoms with Crippen molar-refractivity contribution in [2.75, 3.05) is 0 Å². The first-order chi connectivity index (χ1) is 10.8. The zero-order valence-corrected chi connectivity index (χ0v) is 12.5. The Hall–Kier alpha value is -2.34. The molecule has 0 aliphatic heterocycles. The molecule has 2 aromatic rings. The van der Waals surface area contributed by atoms with Crippen LogP contribution in [-0.2, 0) is 17.5 Å². The van der Waals surface area contributed by atoms with Crippen molar-refractivity contribution >= 4 is 5.91 Å². The zero-order valence-electron chi connectivity index (χ0n) is 12.5. The van der Waals surface area contributed by atoms with Gasteiger partial charge in [-0.05, 0) is 35.7 Å². The molecule has 0 saturated carbocycles. The summed E-state index contributed by atoms with van der Waals surface area (Å²) in [6, 6.07) is 12.0. The molecule has 1 atom stereocenters. The van der Waals surface area contributed by atoms with Crippen LogP contribution >= 0.6 is 0 Å². The van der Waals surface area contributed by atoms with Gasteiger partial charge in [-0.1, -0.05) is 36.4 Å². The van der Waals surface area contributed by atoms with E-state index in [9.17, 15) is 18.0 Å². The molecule has 1 amide bonds. The van der Waals surface area contributed by atoms with E-state index in [2.05, 4.69) is 5.32 Å². The van der Waals surface area contributed by atoms with Crippen LogP contribution in [0.2, 0.25) is 0 Å². The lowest BCUT2D eigenvalue weighted by Gasteiger charge is -2.11. The molecule has 0 bridgehead atoms. The van der Waals surface area contributed by atoms with Crippen molar-refractivity contribution in [1.82, 2.24) is 5.32 Å². The minimum Gasteiger partial charge on any atom is -0.368 e. The maximum atomic E-state index is 12.5. The Labute approximate surface area is 132 Å². The van der Waals surface area contributed by atoms with E-state index >= 15 is 0 Å². The average Bonchev–Trinajstić information content (AvgIpc) is 2.52. The summed E-state index contributed by atoms with van der Waals surface area (Å²) in [6.45, 7) is 2.16. The minimum atomic E-state index is -4.33. The number of carbonyl (C=O) groups excluding carboxylic acids is 1. The molecule has 3 nitrogen and oxygen atoms in total. The van der Waals surface area contributed by atoms with Gasteiger partial charge in [0.15, 0.2) is 0 Å². The quantitative estimate of drug-likeness (QED) is 0.887. The van der Waals surface area contributed by atoms with Crippen molar-refractivity contribution in [3.05, 3.63) is 59.7 Å². The summed E-state index contributed by atoms with van der Waals surface area (Å²) in [5.74, 6) is -0.425. The molecule has 0 fully saturated rings. The Kier molecular flexibility index (Phi) is 5.05. The van der Waals surface area contributed by atoms with Crippen molar-refractivity contribution in [2.45, 2.75) is 25.7 Å². The van der Waals surface area contributed by atoms with Gasteiger partial charge in [-0.25, -0.2) is 0 Å². The number of halogens is 3. The van der Waals surface area contributed by atoms with E-state index < -0.39 is 23.7 Å². The predicted octanol–water partition coefficient (Wildman–Crippen LogP) is 3.34. The fourth-order valence-corrected chi connectivity index (χ4v) is 2.04. The van der Waals surface area contributed by atoms with Gasteiger partial charge < -0.3 is 11.1 Å². The Morgan fingerprint density at radius 1 is 1.04 bits per heavy atom. The van der Waals surface area contributed by atoms with Crippen LogP contribution in [0.4, 0.5) is 13.2 Å². The summed E-state index contributed by atoms with van der Waals surface area (Å²) < 4.78 is 37.6. The molecule has 0 spiro atoms. The van der Waals surface area contributed by atoms with Gasteiger partial charge >= 0.3 is 6.18 Å². The third-order valence-electron chi connectivity index (χ3n) is 3.54. The molecule has 0 aromatic heterocycles. The molecule has 0 saturated heterocycles. The third-order valence-corrected chi connectivity index (χ3v) is 3.54. The third kappa shape index (κ3) is 4.56. The summed E-state index contributed by atoms with van der Waals surface area (Å²) in [7, 11) is 0. The van der Waals surface area contributed by atoms with E-state index in [1.165, 1.54) is 12.1 Å². The van der Waals surface area contributed by atoms with Crippen molar-refractivity contribution in [3.63, 3.8) is 0 Å². The van der Waals surface area contributed by atoms with E-state index in [0.717, 1.165) is 23.3 Å². The number of nitrogens with one attached hydrogen (secondary N) is 1. The van der Waals surface area contributed by atoms with Crippen LogP contribution in [0.15, 0.2) is 48.5 Å². The van der Waals surface area contributed by atoms with Gasteiger partial charge in [0.25, 0.3) is 0 Å². The highest BCUT2D eigenvalue weighted by Gasteiger charge is 2.29. The molecule has 0 aliphatic carbocycles. The first-order valence-electron chi connectivity index (χ1n) is 7.06. The Morgan fingerprint density at radius 2 is 1.52 bits per heavy atom. The van der Waals surface area contributed by atoms with E-state index in [1.807, 2.05) is 24.3 Å². The number of primary amides is 1. The van der Waals surface area contributed by atoms with Gasteiger partial charge in [-0.3, -0.25) is 4.79 Å². The summed E-state index contributed by atoms with van der Waals surface area (Å²) in [5.41, 5.74) is 6.99.